The Bertz CT molecular complexity index is 458. The zero-order valence-corrected chi connectivity index (χ0v) is 14.8. The number of amides is 1. The van der Waals surface area contributed by atoms with Crippen LogP contribution in [0.15, 0.2) is 24.3 Å². The lowest BCUT2D eigenvalue weighted by atomic mass is 10.1. The van der Waals surface area contributed by atoms with E-state index in [-0.39, 0.29) is 18.3 Å². The molecule has 0 spiro atoms. The van der Waals surface area contributed by atoms with Crippen molar-refractivity contribution in [3.05, 3.63) is 35.4 Å². The number of halogens is 1. The van der Waals surface area contributed by atoms with Crippen LogP contribution in [0.5, 0.6) is 0 Å². The van der Waals surface area contributed by atoms with Gasteiger partial charge in [0.1, 0.15) is 0 Å². The fourth-order valence-electron chi connectivity index (χ4n) is 2.70. The van der Waals surface area contributed by atoms with Crippen molar-refractivity contribution in [1.29, 1.82) is 0 Å². The summed E-state index contributed by atoms with van der Waals surface area (Å²) in [5.41, 5.74) is 7.82. The molecular weight excluding hydrogens is 312 g/mol. The highest BCUT2D eigenvalue weighted by atomic mass is 35.5. The molecule has 1 amide bonds. The van der Waals surface area contributed by atoms with Gasteiger partial charge in [0.2, 0.25) is 5.91 Å². The summed E-state index contributed by atoms with van der Waals surface area (Å²) < 4.78 is 0. The van der Waals surface area contributed by atoms with E-state index in [2.05, 4.69) is 46.3 Å². The molecule has 6 heteroatoms. The highest BCUT2D eigenvalue weighted by Crippen LogP contribution is 2.10. The second-order valence-corrected chi connectivity index (χ2v) is 5.84. The van der Waals surface area contributed by atoms with Crippen molar-refractivity contribution in [2.75, 3.05) is 39.3 Å². The first kappa shape index (κ1) is 19.9. The van der Waals surface area contributed by atoms with Gasteiger partial charge in [-0.05, 0) is 17.7 Å². The minimum absolute atomic E-state index is 0. The molecule has 1 fully saturated rings. The Morgan fingerprint density at radius 1 is 1.09 bits per heavy atom. The average Bonchev–Trinajstić information content (AvgIpc) is 2.55. The molecule has 1 aromatic rings. The number of nitrogens with zero attached hydrogens (tertiary/aromatic N) is 2. The Labute approximate surface area is 145 Å². The number of likely N-dealkylation sites (N-methyl/N-ethyl adjacent to an activating group) is 1. The third-order valence-electron chi connectivity index (χ3n) is 4.20. The average molecular weight is 341 g/mol. The smallest absolute Gasteiger partial charge is 0.221 e. The van der Waals surface area contributed by atoms with Crippen LogP contribution in [-0.4, -0.2) is 55.0 Å². The Balaban J connectivity index is 0.00000264. The van der Waals surface area contributed by atoms with Gasteiger partial charge in [-0.25, -0.2) is 0 Å². The summed E-state index contributed by atoms with van der Waals surface area (Å²) in [6.45, 7) is 9.99. The van der Waals surface area contributed by atoms with E-state index in [9.17, 15) is 4.79 Å². The number of piperazine rings is 1. The Hall–Kier alpha value is -1.14. The first-order chi connectivity index (χ1) is 10.7. The lowest BCUT2D eigenvalue weighted by Gasteiger charge is -2.34. The van der Waals surface area contributed by atoms with Crippen molar-refractivity contribution in [1.82, 2.24) is 15.1 Å². The first-order valence-electron chi connectivity index (χ1n) is 8.20. The fraction of sp³-hybridized carbons (Fsp3) is 0.588. The van der Waals surface area contributed by atoms with E-state index >= 15 is 0 Å². The van der Waals surface area contributed by atoms with Gasteiger partial charge in [0, 0.05) is 52.2 Å². The molecular formula is C17H29ClN4O. The van der Waals surface area contributed by atoms with Gasteiger partial charge >= 0.3 is 0 Å². The molecule has 1 saturated heterocycles. The third-order valence-corrected chi connectivity index (χ3v) is 4.20. The SMILES string of the molecule is CCN1CCN(Cc2ccc(CNC(=O)CCN)cc2)CC1.Cl. The van der Waals surface area contributed by atoms with Crippen LogP contribution in [0.2, 0.25) is 0 Å². The molecule has 0 bridgehead atoms. The molecule has 130 valence electrons. The molecule has 2 rings (SSSR count). The van der Waals surface area contributed by atoms with Gasteiger partial charge in [-0.3, -0.25) is 9.69 Å². The van der Waals surface area contributed by atoms with Crippen LogP contribution in [0.4, 0.5) is 0 Å². The van der Waals surface area contributed by atoms with E-state index in [0.717, 1.165) is 31.7 Å². The lowest BCUT2D eigenvalue weighted by Crippen LogP contribution is -2.45. The maximum atomic E-state index is 11.4. The summed E-state index contributed by atoms with van der Waals surface area (Å²) in [5.74, 6) is 0.0142. The van der Waals surface area contributed by atoms with Gasteiger partial charge in [0.05, 0.1) is 0 Å². The summed E-state index contributed by atoms with van der Waals surface area (Å²) in [6, 6.07) is 8.52. The van der Waals surface area contributed by atoms with Crippen molar-refractivity contribution >= 4 is 18.3 Å². The van der Waals surface area contributed by atoms with E-state index in [1.54, 1.807) is 0 Å². The van der Waals surface area contributed by atoms with Gasteiger partial charge in [0.15, 0.2) is 0 Å². The van der Waals surface area contributed by atoms with E-state index in [1.807, 2.05) is 0 Å². The molecule has 1 aliphatic heterocycles. The molecule has 1 aliphatic rings. The molecule has 0 unspecified atom stereocenters. The minimum atomic E-state index is 0. The lowest BCUT2D eigenvalue weighted by molar-refractivity contribution is -0.121. The summed E-state index contributed by atoms with van der Waals surface area (Å²) in [4.78, 5) is 16.4. The molecule has 0 radical (unpaired) electrons. The summed E-state index contributed by atoms with van der Waals surface area (Å²) >= 11 is 0. The number of hydrogen-bond donors (Lipinski definition) is 2. The summed E-state index contributed by atoms with van der Waals surface area (Å²) in [6.07, 6.45) is 0.391. The van der Waals surface area contributed by atoms with Gasteiger partial charge in [0.25, 0.3) is 0 Å². The van der Waals surface area contributed by atoms with E-state index in [1.165, 1.54) is 18.7 Å². The van der Waals surface area contributed by atoms with E-state index in [4.69, 9.17) is 5.73 Å². The zero-order chi connectivity index (χ0) is 15.8. The fourth-order valence-corrected chi connectivity index (χ4v) is 2.70. The Morgan fingerprint density at radius 3 is 2.22 bits per heavy atom. The van der Waals surface area contributed by atoms with Crippen LogP contribution in [0, 0.1) is 0 Å². The predicted octanol–water partition coefficient (Wildman–Crippen LogP) is 1.21. The Kier molecular flexibility index (Phi) is 9.17. The monoisotopic (exact) mass is 340 g/mol. The van der Waals surface area contributed by atoms with Crippen molar-refractivity contribution in [2.45, 2.75) is 26.4 Å². The maximum absolute atomic E-state index is 11.4. The molecule has 5 nitrogen and oxygen atoms in total. The Morgan fingerprint density at radius 2 is 1.65 bits per heavy atom. The zero-order valence-electron chi connectivity index (χ0n) is 14.0. The van der Waals surface area contributed by atoms with Gasteiger partial charge in [-0.1, -0.05) is 31.2 Å². The first-order valence-corrected chi connectivity index (χ1v) is 8.20. The number of hydrogen-bond acceptors (Lipinski definition) is 4. The number of nitrogens with two attached hydrogens (primary N) is 1. The van der Waals surface area contributed by atoms with Crippen molar-refractivity contribution in [2.24, 2.45) is 5.73 Å². The number of nitrogens with one attached hydrogen (secondary N) is 1. The second kappa shape index (κ2) is 10.6. The normalized spacial score (nSPS) is 15.9. The highest BCUT2D eigenvalue weighted by Gasteiger charge is 2.15. The molecule has 1 aromatic carbocycles. The van der Waals surface area contributed by atoms with Gasteiger partial charge in [-0.2, -0.15) is 0 Å². The summed E-state index contributed by atoms with van der Waals surface area (Å²) in [5, 5.41) is 2.88. The molecule has 0 aliphatic carbocycles. The minimum Gasteiger partial charge on any atom is -0.352 e. The highest BCUT2D eigenvalue weighted by molar-refractivity contribution is 5.85. The number of benzene rings is 1. The van der Waals surface area contributed by atoms with E-state index < -0.39 is 0 Å². The quantitative estimate of drug-likeness (QED) is 0.783. The molecule has 3 N–H and O–H groups in total. The van der Waals surface area contributed by atoms with E-state index in [0.29, 0.717) is 19.5 Å². The molecule has 0 saturated carbocycles. The molecule has 0 atom stereocenters. The molecule has 23 heavy (non-hydrogen) atoms. The molecule has 1 heterocycles. The molecule has 0 aromatic heterocycles. The third kappa shape index (κ3) is 6.87. The van der Waals surface area contributed by atoms with Crippen LogP contribution >= 0.6 is 12.4 Å². The van der Waals surface area contributed by atoms with Crippen LogP contribution in [0.25, 0.3) is 0 Å². The van der Waals surface area contributed by atoms with Crippen LogP contribution in [-0.2, 0) is 17.9 Å². The van der Waals surface area contributed by atoms with Gasteiger partial charge < -0.3 is 16.0 Å². The standard InChI is InChI=1S/C17H28N4O.ClH/c1-2-20-9-11-21(12-10-20)14-16-5-3-15(4-6-16)13-19-17(22)7-8-18;/h3-6H,2,7-14,18H2,1H3,(H,19,22);1H. The van der Waals surface area contributed by atoms with Crippen molar-refractivity contribution in [3.63, 3.8) is 0 Å². The van der Waals surface area contributed by atoms with Crippen LogP contribution in [0.3, 0.4) is 0 Å². The topological polar surface area (TPSA) is 61.6 Å². The second-order valence-electron chi connectivity index (χ2n) is 5.84. The maximum Gasteiger partial charge on any atom is 0.221 e. The van der Waals surface area contributed by atoms with Crippen molar-refractivity contribution in [3.8, 4) is 0 Å². The summed E-state index contributed by atoms with van der Waals surface area (Å²) in [7, 11) is 0. The number of rotatable bonds is 7. The van der Waals surface area contributed by atoms with Crippen molar-refractivity contribution < 1.29 is 4.79 Å². The predicted molar refractivity (Wildman–Crippen MR) is 96.6 cm³/mol. The van der Waals surface area contributed by atoms with Crippen LogP contribution in [0.1, 0.15) is 24.5 Å². The van der Waals surface area contributed by atoms with Gasteiger partial charge in [-0.15, -0.1) is 12.4 Å². The number of carbonyl (C=O) groups is 1. The largest absolute Gasteiger partial charge is 0.352 e. The number of carbonyl (C=O) groups excluding carboxylic acids is 1. The van der Waals surface area contributed by atoms with Crippen LogP contribution < -0.4 is 11.1 Å².